The number of H-pyrrole nitrogens is 1. The first-order valence-electron chi connectivity index (χ1n) is 8.79. The van der Waals surface area contributed by atoms with Gasteiger partial charge in [0, 0.05) is 24.8 Å². The van der Waals surface area contributed by atoms with E-state index in [2.05, 4.69) is 18.1 Å². The van der Waals surface area contributed by atoms with E-state index in [0.29, 0.717) is 18.4 Å². The predicted molar refractivity (Wildman–Crippen MR) is 98.7 cm³/mol. The molecule has 142 valence electrons. The number of aromatic amines is 1. The number of nitrogens with one attached hydrogen (secondary N) is 1. The fraction of sp³-hybridized carbons (Fsp3) is 0.765. The van der Waals surface area contributed by atoms with Crippen LogP contribution in [0.1, 0.15) is 39.2 Å². The van der Waals surface area contributed by atoms with Crippen molar-refractivity contribution < 1.29 is 14.6 Å². The van der Waals surface area contributed by atoms with Gasteiger partial charge in [-0.15, -0.1) is 0 Å². The zero-order chi connectivity index (χ0) is 19.0. The third-order valence-corrected chi connectivity index (χ3v) is 7.07. The van der Waals surface area contributed by atoms with Gasteiger partial charge in [-0.3, -0.25) is 14.3 Å². The summed E-state index contributed by atoms with van der Waals surface area (Å²) in [6.45, 7) is 11.8. The third kappa shape index (κ3) is 4.13. The first-order chi connectivity index (χ1) is 11.5. The first-order valence-corrected chi connectivity index (χ1v) is 11.7. The van der Waals surface area contributed by atoms with Crippen LogP contribution >= 0.6 is 0 Å². The Hall–Kier alpha value is -1.22. The van der Waals surface area contributed by atoms with Gasteiger partial charge in [-0.1, -0.05) is 13.1 Å². The van der Waals surface area contributed by atoms with Gasteiger partial charge in [-0.25, -0.2) is 4.79 Å². The average Bonchev–Trinajstić information content (AvgIpc) is 2.81. The average molecular weight is 371 g/mol. The number of aromatic nitrogens is 2. The minimum atomic E-state index is -1.56. The summed E-state index contributed by atoms with van der Waals surface area (Å²) in [5.41, 5.74) is -0.733. The number of ether oxygens (including phenoxy) is 2. The van der Waals surface area contributed by atoms with Gasteiger partial charge in [-0.05, 0) is 34.1 Å². The quantitative estimate of drug-likeness (QED) is 0.751. The highest BCUT2D eigenvalue weighted by molar-refractivity contribution is 6.58. The Kier molecular flexibility index (Phi) is 5.77. The SMILES string of the molecule is Cc1cn([C@@]2([SiH](C)C)C[C@H](OC(C)(C)C)[C@@H](CCO)O2)c(=O)[nH]c1=O. The fourth-order valence-electron chi connectivity index (χ4n) is 3.40. The topological polar surface area (TPSA) is 93.6 Å². The zero-order valence-electron chi connectivity index (χ0n) is 16.0. The molecular weight excluding hydrogens is 340 g/mol. The maximum Gasteiger partial charge on any atom is 0.330 e. The molecule has 2 heterocycles. The third-order valence-electron chi connectivity index (χ3n) is 4.61. The molecule has 0 spiro atoms. The standard InChI is InChI=1S/C17H30N2O5Si/c1-11-10-19(15(22)18-14(11)21)17(25(5)6)9-13(23-16(2,3)4)12(24-17)7-8-20/h10,12-13,20,25H,7-9H2,1-6H3,(H,18,21,22)/t12-,13+,17+/m1/s1. The summed E-state index contributed by atoms with van der Waals surface area (Å²) in [5, 5.41) is 8.63. The van der Waals surface area contributed by atoms with E-state index in [-0.39, 0.29) is 30.0 Å². The summed E-state index contributed by atoms with van der Waals surface area (Å²) in [6, 6.07) is 0. The monoisotopic (exact) mass is 370 g/mol. The van der Waals surface area contributed by atoms with Crippen LogP contribution in [0.25, 0.3) is 0 Å². The molecule has 25 heavy (non-hydrogen) atoms. The summed E-state index contributed by atoms with van der Waals surface area (Å²) >= 11 is 0. The van der Waals surface area contributed by atoms with Crippen LogP contribution in [0.5, 0.6) is 0 Å². The highest BCUT2D eigenvalue weighted by Crippen LogP contribution is 2.40. The largest absolute Gasteiger partial charge is 0.396 e. The van der Waals surface area contributed by atoms with Crippen LogP contribution in [0.15, 0.2) is 15.8 Å². The highest BCUT2D eigenvalue weighted by atomic mass is 28.3. The van der Waals surface area contributed by atoms with Crippen LogP contribution in [-0.4, -0.2) is 47.9 Å². The number of rotatable bonds is 5. The van der Waals surface area contributed by atoms with E-state index in [1.165, 1.54) is 4.57 Å². The van der Waals surface area contributed by atoms with E-state index in [4.69, 9.17) is 9.47 Å². The maximum absolute atomic E-state index is 12.5. The van der Waals surface area contributed by atoms with E-state index in [9.17, 15) is 14.7 Å². The second-order valence-corrected chi connectivity index (χ2v) is 11.3. The lowest BCUT2D eigenvalue weighted by Crippen LogP contribution is -2.52. The Morgan fingerprint density at radius 2 is 2.08 bits per heavy atom. The molecule has 7 nitrogen and oxygen atoms in total. The molecule has 1 aliphatic rings. The van der Waals surface area contributed by atoms with Crippen molar-refractivity contribution in [3.05, 3.63) is 32.6 Å². The summed E-state index contributed by atoms with van der Waals surface area (Å²) < 4.78 is 14.1. The molecule has 1 fully saturated rings. The highest BCUT2D eigenvalue weighted by Gasteiger charge is 2.51. The maximum atomic E-state index is 12.5. The number of aryl methyl sites for hydroxylation is 1. The molecule has 0 amide bonds. The van der Waals surface area contributed by atoms with Gasteiger partial charge < -0.3 is 14.6 Å². The van der Waals surface area contributed by atoms with Gasteiger partial charge >= 0.3 is 5.69 Å². The number of hydrogen-bond donors (Lipinski definition) is 2. The van der Waals surface area contributed by atoms with Gasteiger partial charge in [0.1, 0.15) is 5.35 Å². The molecule has 1 aliphatic heterocycles. The van der Waals surface area contributed by atoms with Gasteiger partial charge in [0.15, 0.2) is 0 Å². The van der Waals surface area contributed by atoms with Crippen LogP contribution in [0.4, 0.5) is 0 Å². The Bertz CT molecular complexity index is 721. The molecule has 2 N–H and O–H groups in total. The molecule has 1 aromatic heterocycles. The molecule has 0 saturated carbocycles. The van der Waals surface area contributed by atoms with Crippen molar-refractivity contribution in [3.8, 4) is 0 Å². The molecule has 0 bridgehead atoms. The summed E-state index contributed by atoms with van der Waals surface area (Å²) in [6.07, 6.45) is 2.05. The second kappa shape index (κ2) is 7.18. The Balaban J connectivity index is 2.52. The molecule has 2 rings (SSSR count). The van der Waals surface area contributed by atoms with Crippen molar-refractivity contribution in [1.82, 2.24) is 9.55 Å². The zero-order valence-corrected chi connectivity index (χ0v) is 17.1. The molecule has 8 heteroatoms. The van der Waals surface area contributed by atoms with E-state index in [1.807, 2.05) is 20.8 Å². The molecule has 1 saturated heterocycles. The molecule has 0 radical (unpaired) electrons. The van der Waals surface area contributed by atoms with Gasteiger partial charge in [0.25, 0.3) is 5.56 Å². The smallest absolute Gasteiger partial charge is 0.330 e. The normalized spacial score (nSPS) is 27.2. The lowest BCUT2D eigenvalue weighted by molar-refractivity contribution is -0.105. The molecule has 0 aromatic carbocycles. The van der Waals surface area contributed by atoms with Crippen LogP contribution in [0.3, 0.4) is 0 Å². The van der Waals surface area contributed by atoms with Crippen molar-refractivity contribution in [2.75, 3.05) is 6.61 Å². The predicted octanol–water partition coefficient (Wildman–Crippen LogP) is 0.879. The first kappa shape index (κ1) is 20.1. The molecule has 0 aliphatic carbocycles. The van der Waals surface area contributed by atoms with Gasteiger partial charge in [-0.2, -0.15) is 0 Å². The Labute approximate surface area is 149 Å². The van der Waals surface area contributed by atoms with Crippen LogP contribution < -0.4 is 11.2 Å². The van der Waals surface area contributed by atoms with Crippen molar-refractivity contribution >= 4 is 8.80 Å². The molecular formula is C17H30N2O5Si. The molecule has 0 unspecified atom stereocenters. The summed E-state index contributed by atoms with van der Waals surface area (Å²) in [5.74, 6) is 0. The van der Waals surface area contributed by atoms with Crippen LogP contribution in [-0.2, 0) is 14.8 Å². The minimum absolute atomic E-state index is 0.00997. The minimum Gasteiger partial charge on any atom is -0.396 e. The summed E-state index contributed by atoms with van der Waals surface area (Å²) in [4.78, 5) is 26.6. The fourth-order valence-corrected chi connectivity index (χ4v) is 5.30. The number of hydrogen-bond acceptors (Lipinski definition) is 5. The van der Waals surface area contributed by atoms with Crippen molar-refractivity contribution in [1.29, 1.82) is 0 Å². The lowest BCUT2D eigenvalue weighted by Gasteiger charge is -2.34. The lowest BCUT2D eigenvalue weighted by atomic mass is 10.1. The van der Waals surface area contributed by atoms with Crippen molar-refractivity contribution in [3.63, 3.8) is 0 Å². The van der Waals surface area contributed by atoms with E-state index < -0.39 is 19.8 Å². The second-order valence-electron chi connectivity index (χ2n) is 8.08. The number of aliphatic hydroxyl groups is 1. The Morgan fingerprint density at radius 1 is 1.44 bits per heavy atom. The van der Waals surface area contributed by atoms with Gasteiger partial charge in [0.2, 0.25) is 0 Å². The molecule has 3 atom stereocenters. The van der Waals surface area contributed by atoms with E-state index in [0.717, 1.165) is 0 Å². The van der Waals surface area contributed by atoms with Crippen LogP contribution in [0, 0.1) is 6.92 Å². The van der Waals surface area contributed by atoms with Crippen LogP contribution in [0.2, 0.25) is 13.1 Å². The van der Waals surface area contributed by atoms with E-state index in [1.54, 1.807) is 13.1 Å². The summed E-state index contributed by atoms with van der Waals surface area (Å²) in [7, 11) is -1.56. The van der Waals surface area contributed by atoms with Crippen molar-refractivity contribution in [2.24, 2.45) is 0 Å². The number of aliphatic hydroxyl groups excluding tert-OH is 1. The number of nitrogens with zero attached hydrogens (tertiary/aromatic N) is 1. The van der Waals surface area contributed by atoms with Gasteiger partial charge in [0.05, 0.1) is 26.6 Å². The molecule has 1 aromatic rings. The van der Waals surface area contributed by atoms with E-state index >= 15 is 0 Å². The van der Waals surface area contributed by atoms with Crippen molar-refractivity contribution in [2.45, 2.75) is 76.8 Å². The Morgan fingerprint density at radius 3 is 2.60 bits per heavy atom.